The number of hydrogen-bond acceptors (Lipinski definition) is 3. The summed E-state index contributed by atoms with van der Waals surface area (Å²) in [4.78, 5) is 0. The van der Waals surface area contributed by atoms with Gasteiger partial charge in [0.2, 0.25) is 4.47 Å². The highest BCUT2D eigenvalue weighted by atomic mass is 35.5. The van der Waals surface area contributed by atoms with Gasteiger partial charge in [0.05, 0.1) is 0 Å². The second kappa shape index (κ2) is 3.40. The molecule has 5 heteroatoms. The average molecular weight is 215 g/mol. The zero-order valence-electron chi connectivity index (χ0n) is 6.37. The molecule has 66 valence electrons. The monoisotopic (exact) mass is 214 g/mol. The second-order valence-electron chi connectivity index (χ2n) is 2.34. The van der Waals surface area contributed by atoms with Crippen molar-refractivity contribution < 1.29 is 4.39 Å². The first-order valence-corrected chi connectivity index (χ1v) is 4.71. The van der Waals surface area contributed by atoms with Gasteiger partial charge in [-0.1, -0.05) is 23.5 Å². The zero-order chi connectivity index (χ0) is 9.26. The highest BCUT2D eigenvalue weighted by Gasteiger charge is 2.08. The predicted molar refractivity (Wildman–Crippen MR) is 50.3 cm³/mol. The van der Waals surface area contributed by atoms with Crippen LogP contribution in [0.5, 0.6) is 0 Å². The molecule has 0 N–H and O–H groups in total. The van der Waals surface area contributed by atoms with Gasteiger partial charge in [0, 0.05) is 5.56 Å². The highest BCUT2D eigenvalue weighted by molar-refractivity contribution is 7.18. The fourth-order valence-corrected chi connectivity index (χ4v) is 1.80. The van der Waals surface area contributed by atoms with Gasteiger partial charge in [-0.15, -0.1) is 10.2 Å². The summed E-state index contributed by atoms with van der Waals surface area (Å²) in [7, 11) is 0. The molecule has 0 bridgehead atoms. The van der Waals surface area contributed by atoms with Crippen LogP contribution in [0.15, 0.2) is 24.3 Å². The third-order valence-electron chi connectivity index (χ3n) is 1.50. The zero-order valence-corrected chi connectivity index (χ0v) is 7.94. The van der Waals surface area contributed by atoms with Crippen molar-refractivity contribution in [2.24, 2.45) is 0 Å². The molecule has 0 aliphatic carbocycles. The van der Waals surface area contributed by atoms with Crippen molar-refractivity contribution >= 4 is 22.9 Å². The van der Waals surface area contributed by atoms with Gasteiger partial charge in [-0.05, 0) is 23.7 Å². The normalized spacial score (nSPS) is 10.3. The molecule has 1 heterocycles. The van der Waals surface area contributed by atoms with Crippen LogP contribution < -0.4 is 0 Å². The van der Waals surface area contributed by atoms with E-state index in [-0.39, 0.29) is 5.82 Å². The second-order valence-corrected chi connectivity index (χ2v) is 3.90. The Morgan fingerprint density at radius 2 is 2.00 bits per heavy atom. The van der Waals surface area contributed by atoms with Gasteiger partial charge in [-0.2, -0.15) is 0 Å². The van der Waals surface area contributed by atoms with Crippen molar-refractivity contribution in [3.8, 4) is 10.6 Å². The maximum Gasteiger partial charge on any atom is 0.207 e. The molecule has 0 unspecified atom stereocenters. The van der Waals surface area contributed by atoms with E-state index >= 15 is 0 Å². The number of aromatic nitrogens is 2. The largest absolute Gasteiger partial charge is 0.207 e. The standard InChI is InChI=1S/C8H4ClFN2S/c9-8-12-11-7(13-8)5-3-1-2-4-6(5)10/h1-4H. The minimum absolute atomic E-state index is 0.310. The number of halogens is 2. The van der Waals surface area contributed by atoms with E-state index in [4.69, 9.17) is 11.6 Å². The van der Waals surface area contributed by atoms with Crippen molar-refractivity contribution in [3.05, 3.63) is 34.5 Å². The third-order valence-corrected chi connectivity index (χ3v) is 2.56. The van der Waals surface area contributed by atoms with Gasteiger partial charge < -0.3 is 0 Å². The molecule has 0 spiro atoms. The van der Waals surface area contributed by atoms with Crippen molar-refractivity contribution in [1.82, 2.24) is 10.2 Å². The van der Waals surface area contributed by atoms with Gasteiger partial charge in [-0.3, -0.25) is 0 Å². The van der Waals surface area contributed by atoms with Crippen molar-refractivity contribution in [3.63, 3.8) is 0 Å². The van der Waals surface area contributed by atoms with Crippen molar-refractivity contribution in [1.29, 1.82) is 0 Å². The molecular weight excluding hydrogens is 211 g/mol. The summed E-state index contributed by atoms with van der Waals surface area (Å²) in [6.07, 6.45) is 0. The van der Waals surface area contributed by atoms with Crippen LogP contribution in [-0.4, -0.2) is 10.2 Å². The van der Waals surface area contributed by atoms with Crippen molar-refractivity contribution in [2.75, 3.05) is 0 Å². The lowest BCUT2D eigenvalue weighted by atomic mass is 10.2. The van der Waals surface area contributed by atoms with E-state index in [2.05, 4.69) is 10.2 Å². The molecule has 0 radical (unpaired) electrons. The van der Waals surface area contributed by atoms with Gasteiger partial charge in [0.25, 0.3) is 0 Å². The van der Waals surface area contributed by atoms with Gasteiger partial charge in [-0.25, -0.2) is 4.39 Å². The minimum Gasteiger partial charge on any atom is -0.206 e. The lowest BCUT2D eigenvalue weighted by Gasteiger charge is -1.94. The fraction of sp³-hybridized carbons (Fsp3) is 0. The number of hydrogen-bond donors (Lipinski definition) is 0. The van der Waals surface area contributed by atoms with Crippen LogP contribution in [0.1, 0.15) is 0 Å². The SMILES string of the molecule is Fc1ccccc1-c1nnc(Cl)s1. The molecule has 0 amide bonds. The molecule has 1 aromatic heterocycles. The molecule has 0 atom stereocenters. The summed E-state index contributed by atoms with van der Waals surface area (Å²) >= 11 is 6.74. The van der Waals surface area contributed by atoms with E-state index < -0.39 is 0 Å². The van der Waals surface area contributed by atoms with Crippen molar-refractivity contribution in [2.45, 2.75) is 0 Å². The lowest BCUT2D eigenvalue weighted by molar-refractivity contribution is 0.631. The Hall–Kier alpha value is -1.00. The molecule has 0 aliphatic rings. The molecule has 13 heavy (non-hydrogen) atoms. The van der Waals surface area contributed by atoms with E-state index in [1.165, 1.54) is 6.07 Å². The van der Waals surface area contributed by atoms with Crippen LogP contribution >= 0.6 is 22.9 Å². The first-order chi connectivity index (χ1) is 6.27. The molecular formula is C8H4ClFN2S. The summed E-state index contributed by atoms with van der Waals surface area (Å²) in [5.74, 6) is -0.310. The molecule has 0 saturated heterocycles. The lowest BCUT2D eigenvalue weighted by Crippen LogP contribution is -1.81. The van der Waals surface area contributed by atoms with Gasteiger partial charge >= 0.3 is 0 Å². The van der Waals surface area contributed by atoms with E-state index in [0.29, 0.717) is 15.0 Å². The first-order valence-electron chi connectivity index (χ1n) is 3.51. The molecule has 1 aromatic carbocycles. The topological polar surface area (TPSA) is 25.8 Å². The number of benzene rings is 1. The summed E-state index contributed by atoms with van der Waals surface area (Å²) < 4.78 is 13.5. The Bertz CT molecular complexity index is 430. The quantitative estimate of drug-likeness (QED) is 0.729. The number of rotatable bonds is 1. The minimum atomic E-state index is -0.310. The molecule has 2 nitrogen and oxygen atoms in total. The van der Waals surface area contributed by atoms with E-state index in [1.54, 1.807) is 18.2 Å². The summed E-state index contributed by atoms with van der Waals surface area (Å²) in [5.41, 5.74) is 0.437. The van der Waals surface area contributed by atoms with E-state index in [0.717, 1.165) is 11.3 Å². The first kappa shape index (κ1) is 8.59. The number of nitrogens with zero attached hydrogens (tertiary/aromatic N) is 2. The summed E-state index contributed by atoms with van der Waals surface area (Å²) in [6.45, 7) is 0. The Morgan fingerprint density at radius 1 is 1.23 bits per heavy atom. The summed E-state index contributed by atoms with van der Waals surface area (Å²) in [5, 5.41) is 7.85. The maximum absolute atomic E-state index is 13.2. The molecule has 0 fully saturated rings. The molecule has 2 rings (SSSR count). The fourth-order valence-electron chi connectivity index (χ4n) is 0.949. The van der Waals surface area contributed by atoms with Crippen LogP contribution in [-0.2, 0) is 0 Å². The third kappa shape index (κ3) is 1.68. The molecule has 0 saturated carbocycles. The van der Waals surface area contributed by atoms with Crippen LogP contribution in [0.3, 0.4) is 0 Å². The van der Waals surface area contributed by atoms with Crippen LogP contribution in [0.2, 0.25) is 4.47 Å². The smallest absolute Gasteiger partial charge is 0.206 e. The summed E-state index contributed by atoms with van der Waals surface area (Å²) in [6, 6.07) is 6.39. The Morgan fingerprint density at radius 3 is 2.62 bits per heavy atom. The Kier molecular flexibility index (Phi) is 2.24. The molecule has 0 aliphatic heterocycles. The predicted octanol–water partition coefficient (Wildman–Crippen LogP) is 3.00. The van der Waals surface area contributed by atoms with E-state index in [9.17, 15) is 4.39 Å². The Labute approximate surface area is 83.0 Å². The van der Waals surface area contributed by atoms with Crippen LogP contribution in [0.25, 0.3) is 10.6 Å². The Balaban J connectivity index is 2.52. The molecule has 2 aromatic rings. The average Bonchev–Trinajstić information content (AvgIpc) is 2.53. The maximum atomic E-state index is 13.2. The highest BCUT2D eigenvalue weighted by Crippen LogP contribution is 2.27. The van der Waals surface area contributed by atoms with Crippen LogP contribution in [0.4, 0.5) is 4.39 Å². The van der Waals surface area contributed by atoms with Gasteiger partial charge in [0.15, 0.2) is 5.01 Å². The van der Waals surface area contributed by atoms with E-state index in [1.807, 2.05) is 0 Å². The van der Waals surface area contributed by atoms with Crippen LogP contribution in [0, 0.1) is 5.82 Å². The van der Waals surface area contributed by atoms with Gasteiger partial charge in [0.1, 0.15) is 5.82 Å².